The molecule has 1 saturated heterocycles. The first-order valence-electron chi connectivity index (χ1n) is 24.6. The van der Waals surface area contributed by atoms with E-state index >= 15 is 0 Å². The zero-order valence-electron chi connectivity index (χ0n) is 41.7. The Balaban J connectivity index is 0.740. The van der Waals surface area contributed by atoms with Crippen molar-refractivity contribution in [2.24, 2.45) is 5.41 Å². The maximum Gasteiger partial charge on any atom is 0.255 e. The van der Waals surface area contributed by atoms with Gasteiger partial charge in [-0.2, -0.15) is 0 Å². The van der Waals surface area contributed by atoms with Gasteiger partial charge < -0.3 is 41.6 Å². The largest absolute Gasteiger partial charge is 0.391 e. The van der Waals surface area contributed by atoms with Gasteiger partial charge in [-0.05, 0) is 91.8 Å². The van der Waals surface area contributed by atoms with Crippen LogP contribution in [0.5, 0.6) is 0 Å². The maximum absolute atomic E-state index is 14.1. The summed E-state index contributed by atoms with van der Waals surface area (Å²) in [6.45, 7) is 9.87. The standard InChI is InChI=1S/C56H62N10O6S/c1-34(36-18-20-37(21-19-36)50-35(2)61-33-73-50)62-54(71)47-28-42(67)31-66(47)55(72)51(56(3,4)5)65-49(68)17-8-6-7-11-26-57-52(69)38-22-24-39(25-23-38)53(70)64-41-14-12-13-40(27-41)63-48-29-46(59-32-60-48)44-30-58-45-16-10-9-15-43(44)45/h9-10,12-16,18-25,27,29-30,32-34,42,47,51,58,67H,6-8,11,17,26,28,31H2,1-5H3,(H,57,69)(H,62,71)(H,64,70)(H,65,68)(H,59,60,63)/t34-,42+,47-,51+/m0/s1. The Hall–Kier alpha value is -7.76. The van der Waals surface area contributed by atoms with E-state index in [1.165, 1.54) is 11.2 Å². The number of nitrogens with one attached hydrogen (secondary N) is 6. The molecule has 4 aromatic carbocycles. The topological polar surface area (TPSA) is 223 Å². The molecule has 3 aromatic heterocycles. The van der Waals surface area contributed by atoms with E-state index in [1.54, 1.807) is 41.7 Å². The normalized spacial score (nSPS) is 15.3. The SMILES string of the molecule is Cc1ncsc1-c1ccc([C@H](C)NC(=O)[C@@H]2C[C@@H](O)CN2C(=O)[C@@H](NC(=O)CCCCCCNC(=O)c2ccc(C(=O)Nc3cccc(Nc4cc(-c5c[nH]c6ccccc56)ncn4)c3)cc2)C(C)(C)C)cc1. The molecule has 4 atom stereocenters. The number of nitrogens with zero attached hydrogens (tertiary/aromatic N) is 4. The lowest BCUT2D eigenvalue weighted by atomic mass is 9.85. The van der Waals surface area contributed by atoms with Crippen LogP contribution in [0.1, 0.15) is 104 Å². The third kappa shape index (κ3) is 13.0. The van der Waals surface area contributed by atoms with Crippen LogP contribution in [0, 0.1) is 12.3 Å². The Morgan fingerprint density at radius 2 is 1.55 bits per heavy atom. The number of anilines is 3. The first-order chi connectivity index (χ1) is 35.1. The summed E-state index contributed by atoms with van der Waals surface area (Å²) in [5.41, 5.74) is 8.92. The number of likely N-dealkylation sites (tertiary alicyclic amines) is 1. The molecule has 7 aromatic rings. The third-order valence-corrected chi connectivity index (χ3v) is 14.0. The fourth-order valence-electron chi connectivity index (χ4n) is 8.97. The minimum absolute atomic E-state index is 0.00717. The average Bonchev–Trinajstić information content (AvgIpc) is 4.13. The highest BCUT2D eigenvalue weighted by Gasteiger charge is 2.44. The Morgan fingerprint density at radius 1 is 0.822 bits per heavy atom. The number of aryl methyl sites for hydroxylation is 1. The molecule has 0 unspecified atom stereocenters. The van der Waals surface area contributed by atoms with Crippen molar-refractivity contribution in [3.05, 3.63) is 144 Å². The van der Waals surface area contributed by atoms with E-state index in [-0.39, 0.29) is 49.1 Å². The number of aromatic nitrogens is 4. The zero-order chi connectivity index (χ0) is 51.6. The Morgan fingerprint density at radius 3 is 2.29 bits per heavy atom. The summed E-state index contributed by atoms with van der Waals surface area (Å²) in [5.74, 6) is -1.03. The molecular weight excluding hydrogens is 941 g/mol. The average molecular weight is 1000 g/mol. The summed E-state index contributed by atoms with van der Waals surface area (Å²) < 4.78 is 0. The molecule has 1 aliphatic heterocycles. The lowest BCUT2D eigenvalue weighted by molar-refractivity contribution is -0.144. The number of rotatable bonds is 19. The Bertz CT molecular complexity index is 3070. The summed E-state index contributed by atoms with van der Waals surface area (Å²) >= 11 is 1.57. The van der Waals surface area contributed by atoms with Crippen molar-refractivity contribution in [1.29, 1.82) is 0 Å². The van der Waals surface area contributed by atoms with E-state index in [2.05, 4.69) is 46.5 Å². The number of amides is 5. The molecule has 0 radical (unpaired) electrons. The second-order valence-electron chi connectivity index (χ2n) is 19.6. The number of β-amino-alcohol motifs (C(OH)–C–C–N with tert-alkyl or cyclic N) is 1. The summed E-state index contributed by atoms with van der Waals surface area (Å²) in [6.07, 6.45) is 5.66. The molecule has 17 heteroatoms. The van der Waals surface area contributed by atoms with Crippen LogP contribution in [0.25, 0.3) is 32.6 Å². The number of unbranched alkanes of at least 4 members (excludes halogenated alkanes) is 3. The van der Waals surface area contributed by atoms with Gasteiger partial charge in [-0.1, -0.05) is 82.1 Å². The number of thiazole rings is 1. The van der Waals surface area contributed by atoms with Gasteiger partial charge in [-0.3, -0.25) is 24.0 Å². The van der Waals surface area contributed by atoms with Gasteiger partial charge in [0.05, 0.1) is 33.9 Å². The van der Waals surface area contributed by atoms with Gasteiger partial charge in [-0.25, -0.2) is 15.0 Å². The first kappa shape index (κ1) is 51.6. The predicted octanol–water partition coefficient (Wildman–Crippen LogP) is 9.10. The van der Waals surface area contributed by atoms with E-state index in [4.69, 9.17) is 0 Å². The minimum Gasteiger partial charge on any atom is -0.391 e. The quantitative estimate of drug-likeness (QED) is 0.0381. The van der Waals surface area contributed by atoms with Crippen LogP contribution in [0.4, 0.5) is 17.2 Å². The number of aliphatic hydroxyl groups excluding tert-OH is 1. The molecular formula is C56H62N10O6S. The first-order valence-corrected chi connectivity index (χ1v) is 25.5. The smallest absolute Gasteiger partial charge is 0.255 e. The molecule has 1 aliphatic rings. The Kier molecular flexibility index (Phi) is 16.4. The number of H-pyrrole nitrogens is 1. The molecule has 0 spiro atoms. The number of aromatic amines is 1. The van der Waals surface area contributed by atoms with E-state index in [9.17, 15) is 29.1 Å². The van der Waals surface area contributed by atoms with Gasteiger partial charge in [-0.15, -0.1) is 11.3 Å². The van der Waals surface area contributed by atoms with Crippen molar-refractivity contribution in [2.75, 3.05) is 23.7 Å². The highest BCUT2D eigenvalue weighted by atomic mass is 32.1. The second kappa shape index (κ2) is 23.2. The summed E-state index contributed by atoms with van der Waals surface area (Å²) in [7, 11) is 0. The fraction of sp³-hybridized carbons (Fsp3) is 0.321. The molecule has 5 amide bonds. The number of carbonyl (C=O) groups is 5. The van der Waals surface area contributed by atoms with Gasteiger partial charge in [0.25, 0.3) is 11.8 Å². The Labute approximate surface area is 428 Å². The lowest BCUT2D eigenvalue weighted by Gasteiger charge is -2.35. The van der Waals surface area contributed by atoms with Crippen LogP contribution in [-0.4, -0.2) is 90.8 Å². The van der Waals surface area contributed by atoms with Crippen molar-refractivity contribution in [3.63, 3.8) is 0 Å². The zero-order valence-corrected chi connectivity index (χ0v) is 42.5. The molecule has 0 saturated carbocycles. The van der Waals surface area contributed by atoms with E-state index in [1.807, 2.05) is 119 Å². The van der Waals surface area contributed by atoms with Gasteiger partial charge in [0, 0.05) is 77.2 Å². The molecule has 378 valence electrons. The maximum atomic E-state index is 14.1. The molecule has 73 heavy (non-hydrogen) atoms. The third-order valence-electron chi connectivity index (χ3n) is 13.0. The summed E-state index contributed by atoms with van der Waals surface area (Å²) in [6, 6.07) is 29.4. The van der Waals surface area contributed by atoms with Gasteiger partial charge >= 0.3 is 0 Å². The molecule has 7 N–H and O–H groups in total. The molecule has 4 heterocycles. The highest BCUT2D eigenvalue weighted by molar-refractivity contribution is 7.13. The number of benzene rings is 4. The van der Waals surface area contributed by atoms with Crippen molar-refractivity contribution in [1.82, 2.24) is 40.8 Å². The molecule has 16 nitrogen and oxygen atoms in total. The van der Waals surface area contributed by atoms with Gasteiger partial charge in [0.2, 0.25) is 17.7 Å². The van der Waals surface area contributed by atoms with Gasteiger partial charge in [0.1, 0.15) is 24.2 Å². The molecule has 0 aliphatic carbocycles. The van der Waals surface area contributed by atoms with Crippen molar-refractivity contribution >= 4 is 69.0 Å². The van der Waals surface area contributed by atoms with Crippen molar-refractivity contribution in [3.8, 4) is 21.7 Å². The van der Waals surface area contributed by atoms with Crippen molar-refractivity contribution < 1.29 is 29.1 Å². The van der Waals surface area contributed by atoms with Crippen LogP contribution in [-0.2, 0) is 14.4 Å². The summed E-state index contributed by atoms with van der Waals surface area (Å²) in [4.78, 5) is 86.1. The fourth-order valence-corrected chi connectivity index (χ4v) is 9.78. The summed E-state index contributed by atoms with van der Waals surface area (Å²) in [5, 5.41) is 26.8. The van der Waals surface area contributed by atoms with Crippen LogP contribution in [0.3, 0.4) is 0 Å². The van der Waals surface area contributed by atoms with E-state index in [0.717, 1.165) is 62.4 Å². The highest BCUT2D eigenvalue weighted by Crippen LogP contribution is 2.31. The number of para-hydroxylation sites is 1. The number of aliphatic hydroxyl groups is 1. The number of hydrogen-bond acceptors (Lipinski definition) is 11. The van der Waals surface area contributed by atoms with Crippen LogP contribution < -0.4 is 26.6 Å². The van der Waals surface area contributed by atoms with E-state index in [0.29, 0.717) is 42.0 Å². The van der Waals surface area contributed by atoms with E-state index < -0.39 is 29.5 Å². The number of fused-ring (bicyclic) bond motifs is 1. The van der Waals surface area contributed by atoms with Crippen molar-refractivity contribution in [2.45, 2.75) is 97.4 Å². The van der Waals surface area contributed by atoms with Crippen LogP contribution >= 0.6 is 11.3 Å². The predicted molar refractivity (Wildman–Crippen MR) is 285 cm³/mol. The minimum atomic E-state index is -0.914. The monoisotopic (exact) mass is 1000 g/mol. The lowest BCUT2D eigenvalue weighted by Crippen LogP contribution is -2.57. The number of hydrogen-bond donors (Lipinski definition) is 7. The number of carbonyl (C=O) groups excluding carboxylic acids is 5. The van der Waals surface area contributed by atoms with Crippen LogP contribution in [0.2, 0.25) is 0 Å². The molecule has 1 fully saturated rings. The molecule has 0 bridgehead atoms. The second-order valence-corrected chi connectivity index (χ2v) is 20.4. The van der Waals surface area contributed by atoms with Gasteiger partial charge in [0.15, 0.2) is 0 Å². The van der Waals surface area contributed by atoms with Crippen LogP contribution in [0.15, 0.2) is 121 Å². The molecule has 8 rings (SSSR count).